The van der Waals surface area contributed by atoms with Crippen molar-refractivity contribution in [3.63, 3.8) is 0 Å². The van der Waals surface area contributed by atoms with Crippen LogP contribution in [0.4, 0.5) is 0 Å². The summed E-state index contributed by atoms with van der Waals surface area (Å²) in [6.07, 6.45) is 0.916. The van der Waals surface area contributed by atoms with Gasteiger partial charge in [-0.25, -0.2) is 13.6 Å². The van der Waals surface area contributed by atoms with Crippen molar-refractivity contribution in [1.29, 1.82) is 5.26 Å². The summed E-state index contributed by atoms with van der Waals surface area (Å²) in [6.45, 7) is 7.56. The van der Waals surface area contributed by atoms with Crippen molar-refractivity contribution in [3.05, 3.63) is 82.7 Å². The Morgan fingerprint density at radius 3 is 2.27 bits per heavy atom. The van der Waals surface area contributed by atoms with Gasteiger partial charge in [0.15, 0.2) is 5.78 Å². The summed E-state index contributed by atoms with van der Waals surface area (Å²) < 4.78 is 25.0. The monoisotopic (exact) mass is 464 g/mol. The maximum Gasteiger partial charge on any atom is 0.238 e. The van der Waals surface area contributed by atoms with Gasteiger partial charge in [0.05, 0.1) is 23.1 Å². The summed E-state index contributed by atoms with van der Waals surface area (Å²) >= 11 is 0. The molecule has 2 aromatic carbocycles. The summed E-state index contributed by atoms with van der Waals surface area (Å²) in [5.41, 5.74) is 4.75. The van der Waals surface area contributed by atoms with Crippen molar-refractivity contribution in [1.82, 2.24) is 9.47 Å². The van der Waals surface area contributed by atoms with E-state index >= 15 is 0 Å². The average Bonchev–Trinajstić information content (AvgIpc) is 3.08. The highest BCUT2D eigenvalue weighted by Gasteiger charge is 2.20. The minimum Gasteiger partial charge on any atom is -0.318 e. The second-order valence-corrected chi connectivity index (χ2v) is 9.66. The fourth-order valence-electron chi connectivity index (χ4n) is 3.99. The van der Waals surface area contributed by atoms with Crippen molar-refractivity contribution >= 4 is 15.8 Å². The molecule has 0 saturated heterocycles. The summed E-state index contributed by atoms with van der Waals surface area (Å²) in [6, 6.07) is 17.7. The molecule has 0 spiro atoms. The molecule has 0 aliphatic carbocycles. The molecule has 172 valence electrons. The van der Waals surface area contributed by atoms with E-state index in [1.54, 1.807) is 24.3 Å². The Morgan fingerprint density at radius 2 is 1.73 bits per heavy atom. The molecule has 0 aliphatic heterocycles. The first kappa shape index (κ1) is 24.4. The number of carbonyl (C=O) groups is 1. The van der Waals surface area contributed by atoms with Gasteiger partial charge in [-0.2, -0.15) is 5.26 Å². The van der Waals surface area contributed by atoms with E-state index in [9.17, 15) is 13.2 Å². The molecule has 7 nitrogen and oxygen atoms in total. The number of primary sulfonamides is 1. The van der Waals surface area contributed by atoms with E-state index in [0.29, 0.717) is 17.7 Å². The molecule has 3 aromatic rings. The Balaban J connectivity index is 1.82. The number of nitriles is 1. The molecule has 0 radical (unpaired) electrons. The van der Waals surface area contributed by atoms with Crippen molar-refractivity contribution < 1.29 is 13.2 Å². The van der Waals surface area contributed by atoms with Crippen molar-refractivity contribution in [3.8, 4) is 11.8 Å². The number of aryl methyl sites for hydroxylation is 1. The van der Waals surface area contributed by atoms with Gasteiger partial charge in [-0.05, 0) is 74.8 Å². The summed E-state index contributed by atoms with van der Waals surface area (Å²) in [5.74, 6) is 0.0256. The third kappa shape index (κ3) is 5.76. The molecule has 0 bridgehead atoms. The third-order valence-corrected chi connectivity index (χ3v) is 6.48. The van der Waals surface area contributed by atoms with E-state index in [-0.39, 0.29) is 17.2 Å². The number of Topliss-reactive ketones (excluding diaryl/α,β-unsaturated/α-hetero) is 1. The highest BCUT2D eigenvalue weighted by molar-refractivity contribution is 7.89. The number of benzene rings is 2. The van der Waals surface area contributed by atoms with Gasteiger partial charge in [0, 0.05) is 29.2 Å². The number of rotatable bonds is 9. The molecule has 0 fully saturated rings. The molecule has 1 aromatic heterocycles. The predicted molar refractivity (Wildman–Crippen MR) is 128 cm³/mol. The second-order valence-electron chi connectivity index (χ2n) is 8.10. The SMILES string of the molecule is CCCN(CC(=O)c1cc(C)n(-c2ccc(S(N)(=O)=O)cc2)c1C)Cc1ccc(C#N)cc1. The maximum atomic E-state index is 13.2. The van der Waals surface area contributed by atoms with Gasteiger partial charge in [-0.1, -0.05) is 19.1 Å². The summed E-state index contributed by atoms with van der Waals surface area (Å²) in [4.78, 5) is 15.4. The van der Waals surface area contributed by atoms with Crippen molar-refractivity contribution in [2.45, 2.75) is 38.6 Å². The smallest absolute Gasteiger partial charge is 0.238 e. The van der Waals surface area contributed by atoms with E-state index in [4.69, 9.17) is 10.4 Å². The number of ketones is 1. The zero-order chi connectivity index (χ0) is 24.2. The lowest BCUT2D eigenvalue weighted by molar-refractivity contribution is 0.0925. The Morgan fingerprint density at radius 1 is 1.09 bits per heavy atom. The normalized spacial score (nSPS) is 11.5. The molecular weight excluding hydrogens is 436 g/mol. The van der Waals surface area contributed by atoms with Crippen LogP contribution in [0.1, 0.15) is 46.2 Å². The molecule has 0 atom stereocenters. The number of hydrogen-bond acceptors (Lipinski definition) is 5. The van der Waals surface area contributed by atoms with Crippen LogP contribution in [0.25, 0.3) is 5.69 Å². The van der Waals surface area contributed by atoms with E-state index in [2.05, 4.69) is 17.9 Å². The van der Waals surface area contributed by atoms with Crippen LogP contribution in [0.3, 0.4) is 0 Å². The largest absolute Gasteiger partial charge is 0.318 e. The molecular formula is C25H28N4O3S. The number of nitrogens with zero attached hydrogens (tertiary/aromatic N) is 3. The van der Waals surface area contributed by atoms with Gasteiger partial charge in [0.2, 0.25) is 10.0 Å². The van der Waals surface area contributed by atoms with Crippen LogP contribution in [0.15, 0.2) is 59.5 Å². The first-order valence-electron chi connectivity index (χ1n) is 10.7. The number of aromatic nitrogens is 1. The predicted octanol–water partition coefficient (Wildman–Crippen LogP) is 3.71. The van der Waals surface area contributed by atoms with Crippen LogP contribution in [0, 0.1) is 25.2 Å². The van der Waals surface area contributed by atoms with Gasteiger partial charge in [-0.15, -0.1) is 0 Å². The fraction of sp³-hybridized carbons (Fsp3) is 0.280. The lowest BCUT2D eigenvalue weighted by Crippen LogP contribution is -2.30. The molecule has 0 aliphatic rings. The van der Waals surface area contributed by atoms with E-state index in [0.717, 1.165) is 35.6 Å². The number of hydrogen-bond donors (Lipinski definition) is 1. The maximum absolute atomic E-state index is 13.2. The van der Waals surface area contributed by atoms with Crippen LogP contribution < -0.4 is 5.14 Å². The van der Waals surface area contributed by atoms with Crippen LogP contribution in [-0.2, 0) is 16.6 Å². The van der Waals surface area contributed by atoms with Crippen LogP contribution in [0.5, 0.6) is 0 Å². The Kier molecular flexibility index (Phi) is 7.49. The van der Waals surface area contributed by atoms with E-state index < -0.39 is 10.0 Å². The fourth-order valence-corrected chi connectivity index (χ4v) is 4.50. The summed E-state index contributed by atoms with van der Waals surface area (Å²) in [7, 11) is -3.76. The van der Waals surface area contributed by atoms with Gasteiger partial charge >= 0.3 is 0 Å². The minimum atomic E-state index is -3.76. The number of sulfonamides is 1. The van der Waals surface area contributed by atoms with Gasteiger partial charge in [0.1, 0.15) is 0 Å². The molecule has 0 saturated carbocycles. The van der Waals surface area contributed by atoms with Crippen LogP contribution >= 0.6 is 0 Å². The molecule has 33 heavy (non-hydrogen) atoms. The highest BCUT2D eigenvalue weighted by atomic mass is 32.2. The Bertz CT molecular complexity index is 1290. The summed E-state index contributed by atoms with van der Waals surface area (Å²) in [5, 5.41) is 14.2. The topological polar surface area (TPSA) is 109 Å². The minimum absolute atomic E-state index is 0.0256. The Hall–Kier alpha value is -3.25. The zero-order valence-electron chi connectivity index (χ0n) is 19.1. The van der Waals surface area contributed by atoms with Gasteiger partial charge < -0.3 is 4.57 Å². The molecule has 0 amide bonds. The Labute approximate surface area is 195 Å². The first-order chi connectivity index (χ1) is 15.6. The van der Waals surface area contributed by atoms with Gasteiger partial charge in [0.25, 0.3) is 0 Å². The average molecular weight is 465 g/mol. The number of carbonyl (C=O) groups excluding carboxylic acids is 1. The molecule has 8 heteroatoms. The zero-order valence-corrected chi connectivity index (χ0v) is 19.9. The van der Waals surface area contributed by atoms with Crippen LogP contribution in [0.2, 0.25) is 0 Å². The van der Waals surface area contributed by atoms with E-state index in [1.807, 2.05) is 36.6 Å². The second kappa shape index (κ2) is 10.1. The lowest BCUT2D eigenvalue weighted by atomic mass is 10.1. The highest BCUT2D eigenvalue weighted by Crippen LogP contribution is 2.23. The number of nitrogens with two attached hydrogens (primary N) is 1. The molecule has 3 rings (SSSR count). The standard InChI is InChI=1S/C25H28N4O3S/c1-4-13-28(16-21-7-5-20(15-26)6-8-21)17-25(30)24-14-18(2)29(19(24)3)22-9-11-23(12-10-22)33(27,31)32/h5-12,14H,4,13,16-17H2,1-3H3,(H2,27,31,32). The molecule has 0 unspecified atom stereocenters. The van der Waals surface area contributed by atoms with Crippen molar-refractivity contribution in [2.75, 3.05) is 13.1 Å². The quantitative estimate of drug-likeness (QED) is 0.486. The molecule has 1 heterocycles. The lowest BCUT2D eigenvalue weighted by Gasteiger charge is -2.21. The van der Waals surface area contributed by atoms with Crippen LogP contribution in [-0.4, -0.2) is 36.8 Å². The van der Waals surface area contributed by atoms with E-state index in [1.165, 1.54) is 12.1 Å². The van der Waals surface area contributed by atoms with Crippen molar-refractivity contribution in [2.24, 2.45) is 5.14 Å². The van der Waals surface area contributed by atoms with Gasteiger partial charge in [-0.3, -0.25) is 9.69 Å². The third-order valence-electron chi connectivity index (χ3n) is 5.55. The molecule has 2 N–H and O–H groups in total. The first-order valence-corrected chi connectivity index (χ1v) is 12.3.